The van der Waals surface area contributed by atoms with Crippen LogP contribution in [0.2, 0.25) is 0 Å². The molecule has 1 heterocycles. The predicted octanol–water partition coefficient (Wildman–Crippen LogP) is 5.43. The van der Waals surface area contributed by atoms with Crippen LogP contribution in [0.15, 0.2) is 97.1 Å². The minimum absolute atomic E-state index is 0.172. The van der Waals surface area contributed by atoms with Gasteiger partial charge in [-0.15, -0.1) is 0 Å². The second-order valence-corrected chi connectivity index (χ2v) is 7.64. The molecule has 0 saturated heterocycles. The Balaban J connectivity index is 1.60. The summed E-state index contributed by atoms with van der Waals surface area (Å²) < 4.78 is 6.06. The van der Waals surface area contributed by atoms with E-state index in [-0.39, 0.29) is 12.5 Å². The Bertz CT molecular complexity index is 1350. The topological polar surface area (TPSA) is 78.9 Å². The lowest BCUT2D eigenvalue weighted by Gasteiger charge is -2.23. The van der Waals surface area contributed by atoms with Crippen LogP contribution in [0.3, 0.4) is 0 Å². The molecule has 4 aromatic carbocycles. The van der Waals surface area contributed by atoms with E-state index in [0.29, 0.717) is 33.9 Å². The summed E-state index contributed by atoms with van der Waals surface area (Å²) >= 11 is 0. The van der Waals surface area contributed by atoms with Gasteiger partial charge in [0.25, 0.3) is 11.8 Å². The van der Waals surface area contributed by atoms with Crippen molar-refractivity contribution in [3.63, 3.8) is 0 Å². The number of carbonyl (C=O) groups is 2. The molecule has 6 nitrogen and oxygen atoms in total. The molecule has 5 rings (SSSR count). The summed E-state index contributed by atoms with van der Waals surface area (Å²) in [6, 6.07) is 29.3. The number of ether oxygens (including phenoxy) is 1. The molecule has 0 aromatic heterocycles. The van der Waals surface area contributed by atoms with Crippen LogP contribution in [-0.2, 0) is 6.54 Å². The highest BCUT2D eigenvalue weighted by Gasteiger charge is 2.28. The number of hydrogen-bond acceptors (Lipinski definition) is 4. The van der Waals surface area contributed by atoms with E-state index in [0.717, 1.165) is 11.1 Å². The van der Waals surface area contributed by atoms with Gasteiger partial charge in [-0.3, -0.25) is 14.8 Å². The van der Waals surface area contributed by atoms with Gasteiger partial charge >= 0.3 is 0 Å². The van der Waals surface area contributed by atoms with Gasteiger partial charge < -0.3 is 9.64 Å². The second kappa shape index (κ2) is 8.61. The van der Waals surface area contributed by atoms with Crippen molar-refractivity contribution in [2.45, 2.75) is 6.54 Å². The maximum atomic E-state index is 13.5. The lowest BCUT2D eigenvalue weighted by Crippen LogP contribution is -2.29. The standard InChI is InChI=1S/C27H20N2O4/c30-26(28-32)20-15-14-18(16-22(20)19-8-2-1-3-9-19)17-29-23-11-5-7-13-25(23)33-24-12-6-4-10-21(24)27(29)31/h1-16,32H,17H2,(H,28,30). The number of hydrogen-bond donors (Lipinski definition) is 2. The highest BCUT2D eigenvalue weighted by atomic mass is 16.5. The molecule has 0 radical (unpaired) electrons. The number of anilines is 1. The fourth-order valence-corrected chi connectivity index (χ4v) is 4.02. The Kier molecular flexibility index (Phi) is 5.34. The van der Waals surface area contributed by atoms with E-state index in [1.165, 1.54) is 0 Å². The average Bonchev–Trinajstić information content (AvgIpc) is 2.98. The molecule has 1 aliphatic heterocycles. The lowest BCUT2D eigenvalue weighted by atomic mass is 9.96. The van der Waals surface area contributed by atoms with Crippen LogP contribution in [0.25, 0.3) is 11.1 Å². The average molecular weight is 436 g/mol. The quantitative estimate of drug-likeness (QED) is 0.331. The Morgan fingerprint density at radius 2 is 1.52 bits per heavy atom. The van der Waals surface area contributed by atoms with Gasteiger partial charge in [0.15, 0.2) is 5.75 Å². The van der Waals surface area contributed by atoms with Gasteiger partial charge in [-0.2, -0.15) is 0 Å². The molecule has 0 aliphatic carbocycles. The Hall–Kier alpha value is -4.42. The fraction of sp³-hybridized carbons (Fsp3) is 0.0370. The molecule has 0 bridgehead atoms. The summed E-state index contributed by atoms with van der Waals surface area (Å²) in [4.78, 5) is 27.5. The molecule has 0 fully saturated rings. The third-order valence-corrected chi connectivity index (χ3v) is 5.59. The number of rotatable bonds is 4. The number of hydroxylamine groups is 1. The molecule has 162 valence electrons. The van der Waals surface area contributed by atoms with Gasteiger partial charge in [0.2, 0.25) is 0 Å². The van der Waals surface area contributed by atoms with E-state index in [2.05, 4.69) is 0 Å². The van der Waals surface area contributed by atoms with Crippen LogP contribution in [0.1, 0.15) is 26.3 Å². The Morgan fingerprint density at radius 1 is 0.818 bits per heavy atom. The molecule has 4 aromatic rings. The van der Waals surface area contributed by atoms with Crippen LogP contribution < -0.4 is 15.1 Å². The van der Waals surface area contributed by atoms with Crippen molar-refractivity contribution in [3.8, 4) is 22.6 Å². The van der Waals surface area contributed by atoms with Gasteiger partial charge in [-0.25, -0.2) is 5.48 Å². The summed E-state index contributed by atoms with van der Waals surface area (Å²) in [6.07, 6.45) is 0. The normalized spacial score (nSPS) is 12.3. The summed E-state index contributed by atoms with van der Waals surface area (Å²) in [5.74, 6) is 0.334. The number of benzene rings is 4. The van der Waals surface area contributed by atoms with Gasteiger partial charge in [-0.1, -0.05) is 60.7 Å². The van der Waals surface area contributed by atoms with Crippen molar-refractivity contribution in [2.24, 2.45) is 0 Å². The number of carbonyl (C=O) groups excluding carboxylic acids is 2. The monoisotopic (exact) mass is 436 g/mol. The molecule has 0 atom stereocenters. The summed E-state index contributed by atoms with van der Waals surface area (Å²) in [5.41, 5.74) is 5.50. The number of nitrogens with zero attached hydrogens (tertiary/aromatic N) is 1. The van der Waals surface area contributed by atoms with Crippen molar-refractivity contribution in [3.05, 3.63) is 114 Å². The predicted molar refractivity (Wildman–Crippen MR) is 125 cm³/mol. The second-order valence-electron chi connectivity index (χ2n) is 7.64. The number of amides is 2. The van der Waals surface area contributed by atoms with Crippen LogP contribution in [0.4, 0.5) is 5.69 Å². The molecular weight excluding hydrogens is 416 g/mol. The Labute approximate surface area is 190 Å². The first-order chi connectivity index (χ1) is 16.2. The van der Waals surface area contributed by atoms with E-state index in [1.54, 1.807) is 34.6 Å². The molecule has 2 N–H and O–H groups in total. The van der Waals surface area contributed by atoms with Crippen molar-refractivity contribution in [2.75, 3.05) is 4.90 Å². The van der Waals surface area contributed by atoms with Crippen molar-refractivity contribution < 1.29 is 19.5 Å². The SMILES string of the molecule is O=C(NO)c1ccc(CN2C(=O)c3ccccc3Oc3ccccc32)cc1-c1ccccc1. The van der Waals surface area contributed by atoms with E-state index < -0.39 is 5.91 Å². The zero-order valence-electron chi connectivity index (χ0n) is 17.6. The number of para-hydroxylation sites is 3. The van der Waals surface area contributed by atoms with Crippen molar-refractivity contribution >= 4 is 17.5 Å². The van der Waals surface area contributed by atoms with Gasteiger partial charge in [0.05, 0.1) is 17.8 Å². The summed E-state index contributed by atoms with van der Waals surface area (Å²) in [5, 5.41) is 9.19. The number of fused-ring (bicyclic) bond motifs is 2. The fourth-order valence-electron chi connectivity index (χ4n) is 4.02. The Morgan fingerprint density at radius 3 is 2.30 bits per heavy atom. The highest BCUT2D eigenvalue weighted by Crippen LogP contribution is 2.39. The minimum Gasteiger partial charge on any atom is -0.454 e. The molecular formula is C27H20N2O4. The highest BCUT2D eigenvalue weighted by molar-refractivity contribution is 6.09. The molecule has 0 spiro atoms. The van der Waals surface area contributed by atoms with Crippen LogP contribution in [0, 0.1) is 0 Å². The van der Waals surface area contributed by atoms with E-state index in [1.807, 2.05) is 72.8 Å². The largest absolute Gasteiger partial charge is 0.454 e. The molecule has 0 unspecified atom stereocenters. The zero-order valence-corrected chi connectivity index (χ0v) is 17.6. The molecule has 1 aliphatic rings. The van der Waals surface area contributed by atoms with E-state index >= 15 is 0 Å². The van der Waals surface area contributed by atoms with Crippen LogP contribution >= 0.6 is 0 Å². The van der Waals surface area contributed by atoms with E-state index in [9.17, 15) is 14.8 Å². The van der Waals surface area contributed by atoms with Crippen molar-refractivity contribution in [1.29, 1.82) is 0 Å². The van der Waals surface area contributed by atoms with Crippen molar-refractivity contribution in [1.82, 2.24) is 5.48 Å². The van der Waals surface area contributed by atoms with E-state index in [4.69, 9.17) is 4.74 Å². The third kappa shape index (κ3) is 3.84. The van der Waals surface area contributed by atoms with Crippen LogP contribution in [0.5, 0.6) is 11.5 Å². The zero-order chi connectivity index (χ0) is 22.8. The molecule has 33 heavy (non-hydrogen) atoms. The summed E-state index contributed by atoms with van der Waals surface area (Å²) in [7, 11) is 0. The third-order valence-electron chi connectivity index (χ3n) is 5.59. The lowest BCUT2D eigenvalue weighted by molar-refractivity contribution is 0.0707. The minimum atomic E-state index is -0.598. The van der Waals surface area contributed by atoms with Gasteiger partial charge in [-0.05, 0) is 53.1 Å². The van der Waals surface area contributed by atoms with Gasteiger partial charge in [0, 0.05) is 5.56 Å². The van der Waals surface area contributed by atoms with Gasteiger partial charge in [0.1, 0.15) is 5.75 Å². The first kappa shape index (κ1) is 20.5. The van der Waals surface area contributed by atoms with Crippen LogP contribution in [-0.4, -0.2) is 17.0 Å². The number of nitrogens with one attached hydrogen (secondary N) is 1. The maximum Gasteiger partial charge on any atom is 0.275 e. The maximum absolute atomic E-state index is 13.5. The first-order valence-corrected chi connectivity index (χ1v) is 10.5. The molecule has 2 amide bonds. The first-order valence-electron chi connectivity index (χ1n) is 10.5. The molecule has 0 saturated carbocycles. The summed E-state index contributed by atoms with van der Waals surface area (Å²) in [6.45, 7) is 0.272. The smallest absolute Gasteiger partial charge is 0.275 e. The molecule has 6 heteroatoms.